The summed E-state index contributed by atoms with van der Waals surface area (Å²) in [6, 6.07) is 16.4. The number of carbonyl (C=O) groups excluding carboxylic acids is 2. The van der Waals surface area contributed by atoms with Gasteiger partial charge in [0.15, 0.2) is 0 Å². The quantitative estimate of drug-likeness (QED) is 0.776. The first-order valence-electron chi connectivity index (χ1n) is 7.62. The Hall–Kier alpha value is -3.21. The smallest absolute Gasteiger partial charge is 0.253 e. The topological polar surface area (TPSA) is 71.1 Å². The van der Waals surface area contributed by atoms with E-state index >= 15 is 0 Å². The molecule has 3 rings (SSSR count). The molecule has 0 spiro atoms. The highest BCUT2D eigenvalue weighted by Crippen LogP contribution is 2.16. The minimum Gasteiger partial charge on any atom is -0.355 e. The van der Waals surface area contributed by atoms with E-state index in [2.05, 4.69) is 15.6 Å². The molecule has 120 valence electrons. The van der Waals surface area contributed by atoms with Gasteiger partial charge in [0, 0.05) is 30.7 Å². The van der Waals surface area contributed by atoms with E-state index in [1.807, 2.05) is 30.3 Å². The molecule has 0 saturated carbocycles. The molecular formula is C19H17N3O2. The Morgan fingerprint density at radius 3 is 2.62 bits per heavy atom. The van der Waals surface area contributed by atoms with Crippen LogP contribution < -0.4 is 10.6 Å². The van der Waals surface area contributed by atoms with Gasteiger partial charge in [0.1, 0.15) is 0 Å². The van der Waals surface area contributed by atoms with Gasteiger partial charge in [-0.05, 0) is 29.8 Å². The molecule has 0 aliphatic heterocycles. The first-order chi connectivity index (χ1) is 11.7. The fraction of sp³-hybridized carbons (Fsp3) is 0.105. The molecule has 1 aromatic heterocycles. The molecule has 0 aliphatic rings. The lowest BCUT2D eigenvalue weighted by Gasteiger charge is -2.08. The molecule has 0 atom stereocenters. The van der Waals surface area contributed by atoms with Crippen molar-refractivity contribution in [3.63, 3.8) is 0 Å². The van der Waals surface area contributed by atoms with E-state index in [0.717, 1.165) is 10.9 Å². The Bertz CT molecular complexity index is 901. The lowest BCUT2D eigenvalue weighted by atomic mass is 10.1. The van der Waals surface area contributed by atoms with E-state index in [9.17, 15) is 9.59 Å². The monoisotopic (exact) mass is 319 g/mol. The highest BCUT2D eigenvalue weighted by molar-refractivity contribution is 6.05. The van der Waals surface area contributed by atoms with Gasteiger partial charge in [0.2, 0.25) is 0 Å². The minimum atomic E-state index is -0.190. The summed E-state index contributed by atoms with van der Waals surface area (Å²) in [5.74, 6) is -0.342. The first-order valence-corrected chi connectivity index (χ1v) is 7.62. The minimum absolute atomic E-state index is 0.151. The molecule has 1 heterocycles. The summed E-state index contributed by atoms with van der Waals surface area (Å²) in [5.41, 5.74) is 2.64. The molecule has 24 heavy (non-hydrogen) atoms. The number of benzene rings is 2. The van der Waals surface area contributed by atoms with E-state index in [-0.39, 0.29) is 11.8 Å². The van der Waals surface area contributed by atoms with Gasteiger partial charge in [0.05, 0.1) is 11.1 Å². The molecule has 0 saturated heterocycles. The molecule has 0 radical (unpaired) electrons. The van der Waals surface area contributed by atoms with Crippen molar-refractivity contribution in [3.05, 3.63) is 77.5 Å². The third-order valence-electron chi connectivity index (χ3n) is 3.75. The number of pyridine rings is 1. The summed E-state index contributed by atoms with van der Waals surface area (Å²) >= 11 is 0. The highest BCUT2D eigenvalue weighted by atomic mass is 16.2. The van der Waals surface area contributed by atoms with Gasteiger partial charge in [-0.1, -0.05) is 30.3 Å². The van der Waals surface area contributed by atoms with Crippen LogP contribution >= 0.6 is 0 Å². The number of rotatable bonds is 4. The van der Waals surface area contributed by atoms with Crippen LogP contribution in [0.5, 0.6) is 0 Å². The van der Waals surface area contributed by atoms with Crippen molar-refractivity contribution in [1.29, 1.82) is 0 Å². The van der Waals surface area contributed by atoms with Crippen LogP contribution in [0.3, 0.4) is 0 Å². The second-order valence-electron chi connectivity index (χ2n) is 5.34. The average Bonchev–Trinajstić information content (AvgIpc) is 2.65. The molecule has 2 N–H and O–H groups in total. The number of fused-ring (bicyclic) bond motifs is 1. The van der Waals surface area contributed by atoms with Crippen molar-refractivity contribution in [3.8, 4) is 0 Å². The second-order valence-corrected chi connectivity index (χ2v) is 5.34. The first kappa shape index (κ1) is 15.7. The maximum atomic E-state index is 12.5. The van der Waals surface area contributed by atoms with Gasteiger partial charge >= 0.3 is 0 Å². The molecule has 0 fully saturated rings. The van der Waals surface area contributed by atoms with Gasteiger partial charge in [0.25, 0.3) is 11.8 Å². The van der Waals surface area contributed by atoms with Gasteiger partial charge in [-0.3, -0.25) is 14.6 Å². The van der Waals surface area contributed by atoms with Crippen LogP contribution in [0.2, 0.25) is 0 Å². The molecule has 3 aromatic rings. The van der Waals surface area contributed by atoms with Crippen molar-refractivity contribution in [2.24, 2.45) is 0 Å². The Morgan fingerprint density at radius 2 is 1.79 bits per heavy atom. The van der Waals surface area contributed by atoms with Crippen LogP contribution in [0.4, 0.5) is 0 Å². The number of carbonyl (C=O) groups is 2. The normalized spacial score (nSPS) is 10.4. The number of aromatic nitrogens is 1. The molecule has 0 bridgehead atoms. The number of para-hydroxylation sites is 1. The van der Waals surface area contributed by atoms with E-state index < -0.39 is 0 Å². The van der Waals surface area contributed by atoms with Crippen molar-refractivity contribution in [2.75, 3.05) is 7.05 Å². The lowest BCUT2D eigenvalue weighted by molar-refractivity contribution is 0.0950. The largest absolute Gasteiger partial charge is 0.355 e. The van der Waals surface area contributed by atoms with Gasteiger partial charge in [-0.2, -0.15) is 0 Å². The van der Waals surface area contributed by atoms with E-state index in [4.69, 9.17) is 0 Å². The van der Waals surface area contributed by atoms with E-state index in [0.29, 0.717) is 23.2 Å². The summed E-state index contributed by atoms with van der Waals surface area (Å²) < 4.78 is 0. The molecular weight excluding hydrogens is 302 g/mol. The fourth-order valence-corrected chi connectivity index (χ4v) is 2.53. The summed E-state index contributed by atoms with van der Waals surface area (Å²) in [5, 5.41) is 6.39. The molecule has 5 heteroatoms. The van der Waals surface area contributed by atoms with Crippen LogP contribution in [-0.4, -0.2) is 23.8 Å². The van der Waals surface area contributed by atoms with E-state index in [1.54, 1.807) is 37.5 Å². The summed E-state index contributed by atoms with van der Waals surface area (Å²) in [6.45, 7) is 0.340. The zero-order valence-corrected chi connectivity index (χ0v) is 13.2. The Morgan fingerprint density at radius 1 is 1.00 bits per heavy atom. The zero-order valence-electron chi connectivity index (χ0n) is 13.2. The summed E-state index contributed by atoms with van der Waals surface area (Å²) in [4.78, 5) is 28.4. The van der Waals surface area contributed by atoms with Crippen LogP contribution in [0, 0.1) is 0 Å². The molecule has 2 amide bonds. The van der Waals surface area contributed by atoms with E-state index in [1.165, 1.54) is 0 Å². The molecule has 2 aromatic carbocycles. The van der Waals surface area contributed by atoms with Gasteiger partial charge in [-0.15, -0.1) is 0 Å². The lowest BCUT2D eigenvalue weighted by Crippen LogP contribution is -2.23. The Labute approximate surface area is 139 Å². The van der Waals surface area contributed by atoms with Crippen molar-refractivity contribution in [1.82, 2.24) is 15.6 Å². The maximum Gasteiger partial charge on any atom is 0.253 e. The average molecular weight is 319 g/mol. The predicted molar refractivity (Wildman–Crippen MR) is 92.7 cm³/mol. The number of amides is 2. The van der Waals surface area contributed by atoms with Gasteiger partial charge < -0.3 is 10.6 Å². The molecule has 0 unspecified atom stereocenters. The van der Waals surface area contributed by atoms with Gasteiger partial charge in [-0.25, -0.2) is 0 Å². The zero-order chi connectivity index (χ0) is 16.9. The molecule has 5 nitrogen and oxygen atoms in total. The summed E-state index contributed by atoms with van der Waals surface area (Å²) in [7, 11) is 1.59. The number of nitrogens with zero attached hydrogens (tertiary/aromatic N) is 1. The third-order valence-corrected chi connectivity index (χ3v) is 3.75. The second kappa shape index (κ2) is 6.91. The third kappa shape index (κ3) is 3.25. The Kier molecular flexibility index (Phi) is 4.52. The Balaban J connectivity index is 1.77. The van der Waals surface area contributed by atoms with Crippen LogP contribution in [0.25, 0.3) is 10.9 Å². The number of hydrogen-bond donors (Lipinski definition) is 2. The highest BCUT2D eigenvalue weighted by Gasteiger charge is 2.11. The van der Waals surface area contributed by atoms with Crippen molar-refractivity contribution >= 4 is 22.7 Å². The maximum absolute atomic E-state index is 12.5. The number of hydrogen-bond acceptors (Lipinski definition) is 3. The van der Waals surface area contributed by atoms with Crippen molar-refractivity contribution < 1.29 is 9.59 Å². The standard InChI is InChI=1S/C19H17N3O2/c1-20-18(23)15-7-2-5-13(11-15)12-22-19(24)16-9-3-6-14-8-4-10-21-17(14)16/h2-11H,12H2,1H3,(H,20,23)(H,22,24). The van der Waals surface area contributed by atoms with Crippen LogP contribution in [0.15, 0.2) is 60.8 Å². The SMILES string of the molecule is CNC(=O)c1cccc(CNC(=O)c2cccc3cccnc23)c1. The predicted octanol–water partition coefficient (Wildman–Crippen LogP) is 2.52. The van der Waals surface area contributed by atoms with Crippen LogP contribution in [0.1, 0.15) is 26.3 Å². The van der Waals surface area contributed by atoms with Crippen molar-refractivity contribution in [2.45, 2.75) is 6.54 Å². The van der Waals surface area contributed by atoms with Crippen LogP contribution in [-0.2, 0) is 6.54 Å². The molecule has 0 aliphatic carbocycles. The summed E-state index contributed by atoms with van der Waals surface area (Å²) in [6.07, 6.45) is 1.67. The number of nitrogens with one attached hydrogen (secondary N) is 2. The fourth-order valence-electron chi connectivity index (χ4n) is 2.53.